The first-order chi connectivity index (χ1) is 19.0. The number of halogens is 2. The first kappa shape index (κ1) is 28.8. The first-order valence-electron chi connectivity index (χ1n) is 11.8. The second-order valence-corrected chi connectivity index (χ2v) is 11.4. The maximum absolute atomic E-state index is 13.4. The molecule has 10 nitrogen and oxygen atoms in total. The van der Waals surface area contributed by atoms with Crippen LogP contribution in [0.3, 0.4) is 0 Å². The number of nitro benzene ring substituents is 1. The van der Waals surface area contributed by atoms with Crippen molar-refractivity contribution < 1.29 is 18.1 Å². The molecule has 206 valence electrons. The van der Waals surface area contributed by atoms with E-state index in [9.17, 15) is 23.3 Å². The van der Waals surface area contributed by atoms with E-state index in [4.69, 9.17) is 23.2 Å². The quantitative estimate of drug-likeness (QED) is 0.151. The van der Waals surface area contributed by atoms with Crippen molar-refractivity contribution in [1.29, 1.82) is 0 Å². The molecule has 0 unspecified atom stereocenters. The fourth-order valence-corrected chi connectivity index (χ4v) is 6.07. The summed E-state index contributed by atoms with van der Waals surface area (Å²) in [6.07, 6.45) is 1.44. The van der Waals surface area contributed by atoms with Crippen LogP contribution >= 0.6 is 23.2 Å². The van der Waals surface area contributed by atoms with E-state index in [1.54, 1.807) is 24.3 Å². The third-order valence-corrected chi connectivity index (χ3v) is 8.14. The van der Waals surface area contributed by atoms with Gasteiger partial charge in [0, 0.05) is 44.8 Å². The number of amides is 1. The Morgan fingerprint density at radius 1 is 1.02 bits per heavy atom. The molecule has 1 heterocycles. The van der Waals surface area contributed by atoms with Gasteiger partial charge in [-0.2, -0.15) is 5.10 Å². The molecular weight excluding hydrogens is 577 g/mol. The second kappa shape index (κ2) is 11.9. The van der Waals surface area contributed by atoms with Crippen molar-refractivity contribution in [3.63, 3.8) is 0 Å². The number of nitrogens with one attached hydrogen (secondary N) is 1. The Labute approximate surface area is 240 Å². The summed E-state index contributed by atoms with van der Waals surface area (Å²) in [6, 6.07) is 19.5. The van der Waals surface area contributed by atoms with Crippen molar-refractivity contribution >= 4 is 56.7 Å². The number of hydrogen-bond donors (Lipinski definition) is 1. The maximum Gasteiger partial charge on any atom is 0.271 e. The van der Waals surface area contributed by atoms with Crippen LogP contribution in [0.5, 0.6) is 0 Å². The Kier molecular flexibility index (Phi) is 8.58. The van der Waals surface area contributed by atoms with Gasteiger partial charge in [-0.1, -0.05) is 47.5 Å². The monoisotopic (exact) mass is 599 g/mol. The van der Waals surface area contributed by atoms with E-state index in [-0.39, 0.29) is 16.3 Å². The van der Waals surface area contributed by atoms with Crippen molar-refractivity contribution in [1.82, 2.24) is 9.99 Å². The lowest BCUT2D eigenvalue weighted by Gasteiger charge is -2.23. The van der Waals surface area contributed by atoms with Crippen LogP contribution in [0.15, 0.2) is 88.9 Å². The SMILES string of the molecule is Cc1cc(/C=N/NC(=O)CN(c2cccc([N+](=O)[O-])c2)S(=O)(=O)c2ccccc2)c(C)n1-c1cc(Cl)cc(Cl)c1. The van der Waals surface area contributed by atoms with Crippen LogP contribution in [-0.2, 0) is 14.8 Å². The van der Waals surface area contributed by atoms with E-state index in [1.807, 2.05) is 24.5 Å². The van der Waals surface area contributed by atoms with Crippen LogP contribution in [0, 0.1) is 24.0 Å². The molecule has 4 rings (SSSR count). The molecule has 3 aromatic carbocycles. The van der Waals surface area contributed by atoms with Crippen LogP contribution in [-0.4, -0.2) is 36.6 Å². The van der Waals surface area contributed by atoms with Gasteiger partial charge in [-0.3, -0.25) is 19.2 Å². The lowest BCUT2D eigenvalue weighted by Crippen LogP contribution is -2.39. The van der Waals surface area contributed by atoms with Gasteiger partial charge in [0.2, 0.25) is 0 Å². The average molecular weight is 600 g/mol. The summed E-state index contributed by atoms with van der Waals surface area (Å²) < 4.78 is 29.6. The lowest BCUT2D eigenvalue weighted by atomic mass is 10.2. The zero-order valence-electron chi connectivity index (χ0n) is 21.3. The maximum atomic E-state index is 13.4. The van der Waals surface area contributed by atoms with Crippen molar-refractivity contribution in [2.24, 2.45) is 5.10 Å². The molecule has 40 heavy (non-hydrogen) atoms. The number of aromatic nitrogens is 1. The fourth-order valence-electron chi connectivity index (χ4n) is 4.12. The molecule has 1 N–H and O–H groups in total. The number of benzene rings is 3. The first-order valence-corrected chi connectivity index (χ1v) is 14.0. The second-order valence-electron chi connectivity index (χ2n) is 8.68. The number of carbonyl (C=O) groups excluding carboxylic acids is 1. The molecule has 0 aliphatic rings. The van der Waals surface area contributed by atoms with Gasteiger partial charge in [-0.25, -0.2) is 13.8 Å². The molecule has 4 aromatic rings. The average Bonchev–Trinajstić information content (AvgIpc) is 3.19. The lowest BCUT2D eigenvalue weighted by molar-refractivity contribution is -0.384. The number of hydrogen-bond acceptors (Lipinski definition) is 6. The Morgan fingerprint density at radius 2 is 1.70 bits per heavy atom. The standard InChI is InChI=1S/C27H23Cl2N5O5S/c1-18-11-20(19(2)33(18)25-13-21(28)12-22(29)14-25)16-30-31-27(35)17-32(23-7-6-8-24(15-23)34(36)37)40(38,39)26-9-4-3-5-10-26/h3-16H,17H2,1-2H3,(H,31,35)/b30-16+. The highest BCUT2D eigenvalue weighted by Gasteiger charge is 2.28. The van der Waals surface area contributed by atoms with Crippen LogP contribution in [0.4, 0.5) is 11.4 Å². The van der Waals surface area contributed by atoms with E-state index in [2.05, 4.69) is 10.5 Å². The minimum Gasteiger partial charge on any atom is -0.318 e. The van der Waals surface area contributed by atoms with Crippen molar-refractivity contribution in [3.05, 3.63) is 116 Å². The number of nitrogens with zero attached hydrogens (tertiary/aromatic N) is 4. The van der Waals surface area contributed by atoms with Crippen LogP contribution in [0.25, 0.3) is 5.69 Å². The summed E-state index contributed by atoms with van der Waals surface area (Å²) in [5, 5.41) is 16.3. The summed E-state index contributed by atoms with van der Waals surface area (Å²) in [6.45, 7) is 3.08. The van der Waals surface area contributed by atoms with Crippen molar-refractivity contribution in [2.45, 2.75) is 18.7 Å². The molecule has 13 heteroatoms. The van der Waals surface area contributed by atoms with Gasteiger partial charge in [-0.05, 0) is 56.3 Å². The molecule has 0 fully saturated rings. The highest BCUT2D eigenvalue weighted by atomic mass is 35.5. The molecule has 0 spiro atoms. The third kappa shape index (κ3) is 6.33. The third-order valence-electron chi connectivity index (χ3n) is 5.92. The molecule has 1 amide bonds. The number of anilines is 1. The van der Waals surface area contributed by atoms with Gasteiger partial charge >= 0.3 is 0 Å². The topological polar surface area (TPSA) is 127 Å². The zero-order chi connectivity index (χ0) is 29.0. The van der Waals surface area contributed by atoms with Crippen LogP contribution < -0.4 is 9.73 Å². The van der Waals surface area contributed by atoms with Gasteiger partial charge in [0.25, 0.3) is 21.6 Å². The summed E-state index contributed by atoms with van der Waals surface area (Å²) in [5.41, 5.74) is 5.11. The number of nitro groups is 1. The van der Waals surface area contributed by atoms with Crippen molar-refractivity contribution in [2.75, 3.05) is 10.8 Å². The van der Waals surface area contributed by atoms with E-state index in [0.717, 1.165) is 27.4 Å². The normalized spacial score (nSPS) is 11.5. The van der Waals surface area contributed by atoms with Crippen LogP contribution in [0.1, 0.15) is 17.0 Å². The summed E-state index contributed by atoms with van der Waals surface area (Å²) in [7, 11) is -4.24. The molecule has 0 saturated heterocycles. The van der Waals surface area contributed by atoms with Gasteiger partial charge < -0.3 is 4.57 Å². The summed E-state index contributed by atoms with van der Waals surface area (Å²) >= 11 is 12.3. The highest BCUT2D eigenvalue weighted by Crippen LogP contribution is 2.28. The molecular formula is C27H23Cl2N5O5S. The number of non-ortho nitro benzene ring substituents is 1. The summed E-state index contributed by atoms with van der Waals surface area (Å²) in [5.74, 6) is -0.752. The molecule has 0 radical (unpaired) electrons. The number of aryl methyl sites for hydroxylation is 1. The predicted molar refractivity (Wildman–Crippen MR) is 155 cm³/mol. The molecule has 0 aliphatic carbocycles. The largest absolute Gasteiger partial charge is 0.318 e. The number of sulfonamides is 1. The van der Waals surface area contributed by atoms with E-state index in [0.29, 0.717) is 15.6 Å². The highest BCUT2D eigenvalue weighted by molar-refractivity contribution is 7.92. The number of hydrazone groups is 1. The van der Waals surface area contributed by atoms with Crippen LogP contribution in [0.2, 0.25) is 10.0 Å². The molecule has 0 bridgehead atoms. The molecule has 0 saturated carbocycles. The van der Waals surface area contributed by atoms with Gasteiger partial charge in [0.15, 0.2) is 0 Å². The smallest absolute Gasteiger partial charge is 0.271 e. The van der Waals surface area contributed by atoms with E-state index < -0.39 is 27.4 Å². The minimum absolute atomic E-state index is 0.0408. The zero-order valence-corrected chi connectivity index (χ0v) is 23.6. The van der Waals surface area contributed by atoms with E-state index >= 15 is 0 Å². The predicted octanol–water partition coefficient (Wildman–Crippen LogP) is 5.65. The number of carbonyl (C=O) groups is 1. The molecule has 0 atom stereocenters. The molecule has 1 aromatic heterocycles. The van der Waals surface area contributed by atoms with Crippen molar-refractivity contribution in [3.8, 4) is 5.69 Å². The minimum atomic E-state index is -4.24. The Balaban J connectivity index is 1.58. The van der Waals surface area contributed by atoms with E-state index in [1.165, 1.54) is 48.7 Å². The van der Waals surface area contributed by atoms with Gasteiger partial charge in [0.05, 0.1) is 21.7 Å². The van der Waals surface area contributed by atoms with Gasteiger partial charge in [-0.15, -0.1) is 0 Å². The summed E-state index contributed by atoms with van der Waals surface area (Å²) in [4.78, 5) is 23.4. The number of rotatable bonds is 9. The van der Waals surface area contributed by atoms with Gasteiger partial charge in [0.1, 0.15) is 6.54 Å². The fraction of sp³-hybridized carbons (Fsp3) is 0.111. The Bertz CT molecular complexity index is 1700. The molecule has 0 aliphatic heterocycles. The Morgan fingerprint density at radius 3 is 2.35 bits per heavy atom. The Hall–Kier alpha value is -4.19.